The molecule has 0 spiro atoms. The first kappa shape index (κ1) is 23.2. The molecule has 0 bridgehead atoms. The average Bonchev–Trinajstić information content (AvgIpc) is 3.50. The van der Waals surface area contributed by atoms with Crippen molar-refractivity contribution in [3.05, 3.63) is 45.6 Å². The minimum absolute atomic E-state index is 0.0203. The largest absolute Gasteiger partial charge is 0.335 e. The second-order valence-corrected chi connectivity index (χ2v) is 11.1. The Morgan fingerprint density at radius 1 is 1.03 bits per heavy atom. The number of halogens is 1. The molecule has 0 aliphatic carbocycles. The van der Waals surface area contributed by atoms with Crippen molar-refractivity contribution in [1.82, 2.24) is 14.1 Å². The Labute approximate surface area is 196 Å². The van der Waals surface area contributed by atoms with Crippen LogP contribution in [0.25, 0.3) is 0 Å². The van der Waals surface area contributed by atoms with E-state index in [-0.39, 0.29) is 34.0 Å². The van der Waals surface area contributed by atoms with Gasteiger partial charge in [0.25, 0.3) is 5.91 Å². The highest BCUT2D eigenvalue weighted by atomic mass is 35.5. The Kier molecular flexibility index (Phi) is 7.16. The van der Waals surface area contributed by atoms with Gasteiger partial charge in [-0.1, -0.05) is 17.7 Å². The summed E-state index contributed by atoms with van der Waals surface area (Å²) in [5.41, 5.74) is 0.281. The third-order valence-corrected chi connectivity index (χ3v) is 8.76. The van der Waals surface area contributed by atoms with E-state index in [9.17, 15) is 18.0 Å². The summed E-state index contributed by atoms with van der Waals surface area (Å²) < 4.78 is 27.1. The van der Waals surface area contributed by atoms with Crippen LogP contribution in [0.2, 0.25) is 5.02 Å². The molecular formula is C21H25ClN4O4S2. The molecular weight excluding hydrogens is 472 g/mol. The molecule has 2 amide bonds. The molecule has 0 saturated carbocycles. The lowest BCUT2D eigenvalue weighted by molar-refractivity contribution is -0.117. The molecule has 1 N–H and O–H groups in total. The lowest BCUT2D eigenvalue weighted by atomic mass is 10.2. The topological polar surface area (TPSA) is 90.0 Å². The summed E-state index contributed by atoms with van der Waals surface area (Å²) in [5.74, 6) is -0.257. The third-order valence-electron chi connectivity index (χ3n) is 5.67. The number of anilines is 1. The average molecular weight is 497 g/mol. The van der Waals surface area contributed by atoms with Crippen LogP contribution in [0.5, 0.6) is 0 Å². The van der Waals surface area contributed by atoms with Gasteiger partial charge in [0, 0.05) is 39.3 Å². The van der Waals surface area contributed by atoms with Crippen molar-refractivity contribution in [2.45, 2.75) is 17.7 Å². The summed E-state index contributed by atoms with van der Waals surface area (Å²) in [7, 11) is -3.60. The number of nitrogens with zero attached hydrogens (tertiary/aromatic N) is 3. The highest BCUT2D eigenvalue weighted by Crippen LogP contribution is 2.28. The molecule has 1 aromatic carbocycles. The second-order valence-electron chi connectivity index (χ2n) is 7.85. The van der Waals surface area contributed by atoms with Crippen LogP contribution in [0.4, 0.5) is 5.69 Å². The zero-order valence-electron chi connectivity index (χ0n) is 17.5. The van der Waals surface area contributed by atoms with Gasteiger partial charge in [0.2, 0.25) is 15.9 Å². The summed E-state index contributed by atoms with van der Waals surface area (Å²) >= 11 is 7.64. The summed E-state index contributed by atoms with van der Waals surface area (Å²) in [6.45, 7) is 3.42. The SMILES string of the molecule is O=C(CN1CCN(C(=O)c2cccs2)CC1)Nc1cc(S(=O)(=O)N2CCCC2)ccc1Cl. The fraction of sp³-hybridized carbons (Fsp3) is 0.429. The molecule has 1 aromatic heterocycles. The molecule has 11 heteroatoms. The van der Waals surface area contributed by atoms with E-state index in [2.05, 4.69) is 5.32 Å². The second kappa shape index (κ2) is 9.88. The van der Waals surface area contributed by atoms with Crippen LogP contribution < -0.4 is 5.32 Å². The van der Waals surface area contributed by atoms with Crippen molar-refractivity contribution in [3.8, 4) is 0 Å². The van der Waals surface area contributed by atoms with Crippen LogP contribution in [-0.2, 0) is 14.8 Å². The minimum atomic E-state index is -3.60. The molecule has 8 nitrogen and oxygen atoms in total. The summed E-state index contributed by atoms with van der Waals surface area (Å²) in [4.78, 5) is 29.7. The minimum Gasteiger partial charge on any atom is -0.335 e. The van der Waals surface area contributed by atoms with E-state index in [1.807, 2.05) is 22.4 Å². The lowest BCUT2D eigenvalue weighted by Gasteiger charge is -2.34. The first-order valence-corrected chi connectivity index (χ1v) is 13.2. The lowest BCUT2D eigenvalue weighted by Crippen LogP contribution is -2.50. The van der Waals surface area contributed by atoms with Crippen LogP contribution >= 0.6 is 22.9 Å². The Hall–Kier alpha value is -1.98. The molecule has 3 heterocycles. The molecule has 0 atom stereocenters. The normalized spacial score (nSPS) is 18.1. The number of thiophene rings is 1. The molecule has 32 heavy (non-hydrogen) atoms. The summed E-state index contributed by atoms with van der Waals surface area (Å²) in [6.07, 6.45) is 1.70. The van der Waals surface area contributed by atoms with E-state index >= 15 is 0 Å². The van der Waals surface area contributed by atoms with Crippen LogP contribution in [0.3, 0.4) is 0 Å². The van der Waals surface area contributed by atoms with E-state index in [1.165, 1.54) is 33.8 Å². The molecule has 2 fully saturated rings. The van der Waals surface area contributed by atoms with Crippen LogP contribution in [-0.4, -0.2) is 80.2 Å². The number of hydrogen-bond donors (Lipinski definition) is 1. The Morgan fingerprint density at radius 2 is 1.75 bits per heavy atom. The van der Waals surface area contributed by atoms with E-state index < -0.39 is 10.0 Å². The standard InChI is InChI=1S/C21H25ClN4O4S2/c22-17-6-5-16(32(29,30)26-7-1-2-8-26)14-18(17)23-20(27)15-24-9-11-25(12-10-24)21(28)19-4-3-13-31-19/h3-6,13-14H,1-2,7-12,15H2,(H,23,27). The van der Waals surface area contributed by atoms with Crippen LogP contribution in [0.15, 0.2) is 40.6 Å². The fourth-order valence-electron chi connectivity index (χ4n) is 3.90. The van der Waals surface area contributed by atoms with Gasteiger partial charge in [-0.25, -0.2) is 8.42 Å². The van der Waals surface area contributed by atoms with Crippen molar-refractivity contribution < 1.29 is 18.0 Å². The monoisotopic (exact) mass is 496 g/mol. The smallest absolute Gasteiger partial charge is 0.264 e. The number of sulfonamides is 1. The van der Waals surface area contributed by atoms with Gasteiger partial charge in [0.05, 0.1) is 27.0 Å². The predicted octanol–water partition coefficient (Wildman–Crippen LogP) is 2.58. The van der Waals surface area contributed by atoms with Gasteiger partial charge < -0.3 is 10.2 Å². The van der Waals surface area contributed by atoms with Gasteiger partial charge in [-0.2, -0.15) is 4.31 Å². The van der Waals surface area contributed by atoms with Crippen molar-refractivity contribution in [3.63, 3.8) is 0 Å². The van der Waals surface area contributed by atoms with Gasteiger partial charge >= 0.3 is 0 Å². The number of piperazine rings is 1. The zero-order valence-corrected chi connectivity index (χ0v) is 19.9. The first-order chi connectivity index (χ1) is 15.3. The number of benzene rings is 1. The maximum absolute atomic E-state index is 12.8. The van der Waals surface area contributed by atoms with Gasteiger partial charge in [0.15, 0.2) is 0 Å². The summed E-state index contributed by atoms with van der Waals surface area (Å²) in [5, 5.41) is 4.90. The van der Waals surface area contributed by atoms with Crippen molar-refractivity contribution >= 4 is 50.5 Å². The van der Waals surface area contributed by atoms with Gasteiger partial charge in [-0.3, -0.25) is 14.5 Å². The Bertz CT molecular complexity index is 1080. The zero-order chi connectivity index (χ0) is 22.7. The maximum atomic E-state index is 12.8. The van der Waals surface area contributed by atoms with E-state index in [0.717, 1.165) is 17.7 Å². The molecule has 2 aliphatic heterocycles. The van der Waals surface area contributed by atoms with Crippen molar-refractivity contribution in [1.29, 1.82) is 0 Å². The van der Waals surface area contributed by atoms with Gasteiger partial charge in [-0.05, 0) is 42.5 Å². The molecule has 0 radical (unpaired) electrons. The fourth-order valence-corrected chi connectivity index (χ4v) is 6.30. The van der Waals surface area contributed by atoms with E-state index in [1.54, 1.807) is 4.90 Å². The number of nitrogens with one attached hydrogen (secondary N) is 1. The Balaban J connectivity index is 1.34. The molecule has 172 valence electrons. The van der Waals surface area contributed by atoms with Crippen LogP contribution in [0, 0.1) is 0 Å². The van der Waals surface area contributed by atoms with Gasteiger partial charge in [0.1, 0.15) is 0 Å². The van der Waals surface area contributed by atoms with Crippen molar-refractivity contribution in [2.24, 2.45) is 0 Å². The van der Waals surface area contributed by atoms with Gasteiger partial charge in [-0.15, -0.1) is 11.3 Å². The molecule has 4 rings (SSSR count). The van der Waals surface area contributed by atoms with E-state index in [4.69, 9.17) is 11.6 Å². The third kappa shape index (κ3) is 5.15. The predicted molar refractivity (Wildman–Crippen MR) is 125 cm³/mol. The van der Waals surface area contributed by atoms with E-state index in [0.29, 0.717) is 39.3 Å². The van der Waals surface area contributed by atoms with Crippen molar-refractivity contribution in [2.75, 3.05) is 51.1 Å². The number of carbonyl (C=O) groups excluding carboxylic acids is 2. The number of carbonyl (C=O) groups is 2. The molecule has 2 saturated heterocycles. The molecule has 2 aliphatic rings. The Morgan fingerprint density at radius 3 is 2.41 bits per heavy atom. The highest BCUT2D eigenvalue weighted by Gasteiger charge is 2.28. The quantitative estimate of drug-likeness (QED) is 0.664. The summed E-state index contributed by atoms with van der Waals surface area (Å²) in [6, 6.07) is 8.06. The highest BCUT2D eigenvalue weighted by molar-refractivity contribution is 7.89. The first-order valence-electron chi connectivity index (χ1n) is 10.5. The molecule has 0 unspecified atom stereocenters. The number of amides is 2. The van der Waals surface area contributed by atoms with Crippen LogP contribution in [0.1, 0.15) is 22.5 Å². The number of hydrogen-bond acceptors (Lipinski definition) is 6. The maximum Gasteiger partial charge on any atom is 0.264 e. The molecule has 2 aromatic rings. The number of rotatable bonds is 6.